The molecule has 0 saturated carbocycles. The van der Waals surface area contributed by atoms with Crippen molar-refractivity contribution in [2.45, 2.75) is 20.4 Å². The maximum Gasteiger partial charge on any atom is 0.194 e. The van der Waals surface area contributed by atoms with Crippen molar-refractivity contribution in [2.75, 3.05) is 24.3 Å². The highest BCUT2D eigenvalue weighted by atomic mass is 32.1. The molecule has 0 unspecified atom stereocenters. The van der Waals surface area contributed by atoms with E-state index in [-0.39, 0.29) is 0 Å². The minimum absolute atomic E-state index is 0.773. The Morgan fingerprint density at radius 1 is 1.24 bits per heavy atom. The zero-order chi connectivity index (χ0) is 15.0. The molecule has 110 valence electrons. The molecule has 0 fully saturated rings. The first-order valence-electron chi connectivity index (χ1n) is 7.00. The van der Waals surface area contributed by atoms with Gasteiger partial charge in [0.1, 0.15) is 0 Å². The van der Waals surface area contributed by atoms with Gasteiger partial charge in [-0.05, 0) is 26.0 Å². The molecule has 3 aromatic rings. The van der Waals surface area contributed by atoms with Gasteiger partial charge in [-0.15, -0.1) is 11.3 Å². The molecule has 21 heavy (non-hydrogen) atoms. The Morgan fingerprint density at radius 2 is 2.00 bits per heavy atom. The summed E-state index contributed by atoms with van der Waals surface area (Å²) >= 11 is 1.69. The van der Waals surface area contributed by atoms with Gasteiger partial charge in [-0.1, -0.05) is 12.1 Å². The Hall–Kier alpha value is -2.01. The standard InChI is InChI=1S/C16H20N4S/c1-11-10-21-16-18-12(2)15(20(11)16)9-17-13-7-5-6-8-14(13)19(3)4/h5-8,10,17H,9H2,1-4H3. The van der Waals surface area contributed by atoms with Crippen LogP contribution >= 0.6 is 11.3 Å². The van der Waals surface area contributed by atoms with Crippen LogP contribution in [-0.2, 0) is 6.54 Å². The molecule has 4 nitrogen and oxygen atoms in total. The van der Waals surface area contributed by atoms with E-state index in [0.717, 1.165) is 22.9 Å². The lowest BCUT2D eigenvalue weighted by Gasteiger charge is -2.18. The molecule has 0 aliphatic rings. The van der Waals surface area contributed by atoms with E-state index in [1.807, 2.05) is 0 Å². The van der Waals surface area contributed by atoms with Gasteiger partial charge >= 0.3 is 0 Å². The predicted octanol–water partition coefficient (Wildman–Crippen LogP) is 3.69. The fourth-order valence-corrected chi connectivity index (χ4v) is 3.50. The Balaban J connectivity index is 1.90. The zero-order valence-corrected chi connectivity index (χ0v) is 13.7. The quantitative estimate of drug-likeness (QED) is 0.797. The maximum atomic E-state index is 4.63. The number of rotatable bonds is 4. The molecular weight excluding hydrogens is 280 g/mol. The van der Waals surface area contributed by atoms with Crippen molar-refractivity contribution in [3.05, 3.63) is 46.7 Å². The fraction of sp³-hybridized carbons (Fsp3) is 0.312. The number of thiazole rings is 1. The van der Waals surface area contributed by atoms with Crippen LogP contribution in [-0.4, -0.2) is 23.5 Å². The number of para-hydroxylation sites is 2. The van der Waals surface area contributed by atoms with E-state index >= 15 is 0 Å². The summed E-state index contributed by atoms with van der Waals surface area (Å²) in [6.45, 7) is 4.98. The SMILES string of the molecule is Cc1nc2scc(C)n2c1CNc1ccccc1N(C)C. The number of fused-ring (bicyclic) bond motifs is 1. The predicted molar refractivity (Wildman–Crippen MR) is 90.6 cm³/mol. The number of hydrogen-bond donors (Lipinski definition) is 1. The summed E-state index contributed by atoms with van der Waals surface area (Å²) in [4.78, 5) is 7.83. The highest BCUT2D eigenvalue weighted by Gasteiger charge is 2.12. The van der Waals surface area contributed by atoms with E-state index in [9.17, 15) is 0 Å². The Labute approximate surface area is 129 Å². The lowest BCUT2D eigenvalue weighted by atomic mass is 10.2. The smallest absolute Gasteiger partial charge is 0.194 e. The average molecular weight is 300 g/mol. The summed E-state index contributed by atoms with van der Waals surface area (Å²) in [5.41, 5.74) is 5.91. The number of aromatic nitrogens is 2. The van der Waals surface area contributed by atoms with Crippen LogP contribution in [0.1, 0.15) is 17.1 Å². The molecule has 2 aromatic heterocycles. The van der Waals surface area contributed by atoms with Gasteiger partial charge in [-0.25, -0.2) is 4.98 Å². The van der Waals surface area contributed by atoms with Crippen molar-refractivity contribution in [3.63, 3.8) is 0 Å². The van der Waals surface area contributed by atoms with Crippen molar-refractivity contribution < 1.29 is 0 Å². The van der Waals surface area contributed by atoms with Crippen LogP contribution < -0.4 is 10.2 Å². The molecule has 0 aliphatic heterocycles. The molecule has 0 saturated heterocycles. The van der Waals surface area contributed by atoms with E-state index in [2.05, 4.69) is 77.2 Å². The van der Waals surface area contributed by atoms with Crippen LogP contribution in [0.25, 0.3) is 4.96 Å². The first-order chi connectivity index (χ1) is 10.1. The minimum atomic E-state index is 0.773. The molecule has 1 aromatic carbocycles. The van der Waals surface area contributed by atoms with Gasteiger partial charge in [0.25, 0.3) is 0 Å². The summed E-state index contributed by atoms with van der Waals surface area (Å²) in [7, 11) is 4.12. The summed E-state index contributed by atoms with van der Waals surface area (Å²) in [5.74, 6) is 0. The Kier molecular flexibility index (Phi) is 3.59. The van der Waals surface area contributed by atoms with Crippen LogP contribution in [0.3, 0.4) is 0 Å². The molecule has 0 aliphatic carbocycles. The van der Waals surface area contributed by atoms with Crippen LogP contribution in [0, 0.1) is 13.8 Å². The van der Waals surface area contributed by atoms with Crippen LogP contribution in [0.5, 0.6) is 0 Å². The van der Waals surface area contributed by atoms with E-state index in [1.54, 1.807) is 11.3 Å². The van der Waals surface area contributed by atoms with Crippen LogP contribution in [0.4, 0.5) is 11.4 Å². The second kappa shape index (κ2) is 5.41. The van der Waals surface area contributed by atoms with Gasteiger partial charge in [0, 0.05) is 25.2 Å². The molecular formula is C16H20N4S. The number of benzene rings is 1. The van der Waals surface area contributed by atoms with Crippen molar-refractivity contribution in [2.24, 2.45) is 0 Å². The third-order valence-electron chi connectivity index (χ3n) is 3.66. The van der Waals surface area contributed by atoms with Crippen molar-refractivity contribution >= 4 is 27.7 Å². The highest BCUT2D eigenvalue weighted by molar-refractivity contribution is 7.15. The Bertz CT molecular complexity index is 770. The maximum absolute atomic E-state index is 4.63. The lowest BCUT2D eigenvalue weighted by molar-refractivity contribution is 0.964. The second-order valence-corrected chi connectivity index (χ2v) is 6.24. The van der Waals surface area contributed by atoms with E-state index < -0.39 is 0 Å². The number of imidazole rings is 1. The van der Waals surface area contributed by atoms with E-state index in [0.29, 0.717) is 0 Å². The van der Waals surface area contributed by atoms with Crippen molar-refractivity contribution in [1.82, 2.24) is 9.38 Å². The number of nitrogens with zero attached hydrogens (tertiary/aromatic N) is 3. The zero-order valence-electron chi connectivity index (χ0n) is 12.8. The summed E-state index contributed by atoms with van der Waals surface area (Å²) < 4.78 is 2.24. The molecule has 0 amide bonds. The highest BCUT2D eigenvalue weighted by Crippen LogP contribution is 2.26. The first kappa shape index (κ1) is 13.9. The molecule has 0 spiro atoms. The van der Waals surface area contributed by atoms with Gasteiger partial charge in [0.2, 0.25) is 0 Å². The molecule has 2 heterocycles. The first-order valence-corrected chi connectivity index (χ1v) is 7.88. The topological polar surface area (TPSA) is 32.6 Å². The minimum Gasteiger partial charge on any atom is -0.378 e. The van der Waals surface area contributed by atoms with E-state index in [1.165, 1.54) is 17.1 Å². The summed E-state index contributed by atoms with van der Waals surface area (Å²) in [6.07, 6.45) is 0. The third kappa shape index (κ3) is 2.49. The van der Waals surface area contributed by atoms with Gasteiger partial charge < -0.3 is 10.2 Å². The van der Waals surface area contributed by atoms with Crippen LogP contribution in [0.15, 0.2) is 29.6 Å². The molecule has 1 N–H and O–H groups in total. The average Bonchev–Trinajstić information content (AvgIpc) is 2.96. The second-order valence-electron chi connectivity index (χ2n) is 5.40. The van der Waals surface area contributed by atoms with Gasteiger partial charge in [-0.3, -0.25) is 4.40 Å². The van der Waals surface area contributed by atoms with Crippen molar-refractivity contribution in [1.29, 1.82) is 0 Å². The summed E-state index contributed by atoms with van der Waals surface area (Å²) in [5, 5.41) is 5.70. The normalized spacial score (nSPS) is 11.0. The van der Waals surface area contributed by atoms with Crippen LogP contribution in [0.2, 0.25) is 0 Å². The molecule has 0 atom stereocenters. The van der Waals surface area contributed by atoms with Gasteiger partial charge in [0.05, 0.1) is 29.3 Å². The molecule has 5 heteroatoms. The largest absolute Gasteiger partial charge is 0.378 e. The number of nitrogens with one attached hydrogen (secondary N) is 1. The fourth-order valence-electron chi connectivity index (χ4n) is 2.57. The van der Waals surface area contributed by atoms with Gasteiger partial charge in [0.15, 0.2) is 4.96 Å². The lowest BCUT2D eigenvalue weighted by Crippen LogP contribution is -2.12. The molecule has 0 radical (unpaired) electrons. The van der Waals surface area contributed by atoms with Crippen molar-refractivity contribution in [3.8, 4) is 0 Å². The van der Waals surface area contributed by atoms with E-state index in [4.69, 9.17) is 0 Å². The monoisotopic (exact) mass is 300 g/mol. The summed E-state index contributed by atoms with van der Waals surface area (Å²) in [6, 6.07) is 8.36. The third-order valence-corrected chi connectivity index (χ3v) is 4.61. The number of hydrogen-bond acceptors (Lipinski definition) is 4. The number of anilines is 2. The number of aryl methyl sites for hydroxylation is 2. The Morgan fingerprint density at radius 3 is 2.76 bits per heavy atom. The van der Waals surface area contributed by atoms with Gasteiger partial charge in [-0.2, -0.15) is 0 Å². The molecule has 3 rings (SSSR count). The molecule has 0 bridgehead atoms.